The summed E-state index contributed by atoms with van der Waals surface area (Å²) in [6.45, 7) is 4.44. The Balaban J connectivity index is 2.59. The molecule has 0 aromatic heterocycles. The van der Waals surface area contributed by atoms with Crippen LogP contribution in [0.25, 0.3) is 0 Å². The molecule has 1 rings (SSSR count). The van der Waals surface area contributed by atoms with Crippen LogP contribution in [0.15, 0.2) is 53.8 Å². The standard InChI is InChI=1S/C14H17NO/c1-3-12(2)9-14(10-15)16-11-13-7-5-4-6-8-13/h3-10,15H,11H2,1-2H3/b12-3-,14-9+,15-10?. The van der Waals surface area contributed by atoms with Gasteiger partial charge in [-0.25, -0.2) is 0 Å². The van der Waals surface area contributed by atoms with Crippen molar-refractivity contribution in [2.75, 3.05) is 0 Å². The molecular weight excluding hydrogens is 198 g/mol. The molecule has 0 atom stereocenters. The van der Waals surface area contributed by atoms with Crippen LogP contribution in [0.5, 0.6) is 0 Å². The third-order valence-electron chi connectivity index (χ3n) is 2.22. The van der Waals surface area contributed by atoms with Crippen molar-refractivity contribution in [3.05, 3.63) is 59.4 Å². The van der Waals surface area contributed by atoms with Crippen LogP contribution in [-0.2, 0) is 11.3 Å². The van der Waals surface area contributed by atoms with Crippen molar-refractivity contribution in [2.24, 2.45) is 0 Å². The maximum Gasteiger partial charge on any atom is 0.137 e. The fraction of sp³-hybridized carbons (Fsp3) is 0.214. The number of benzene rings is 1. The van der Waals surface area contributed by atoms with E-state index >= 15 is 0 Å². The summed E-state index contributed by atoms with van der Waals surface area (Å²) < 4.78 is 5.53. The fourth-order valence-electron chi connectivity index (χ4n) is 1.17. The molecule has 1 N–H and O–H groups in total. The van der Waals surface area contributed by atoms with E-state index < -0.39 is 0 Å². The zero-order chi connectivity index (χ0) is 11.8. The van der Waals surface area contributed by atoms with E-state index in [1.807, 2.05) is 56.3 Å². The van der Waals surface area contributed by atoms with Gasteiger partial charge in [-0.1, -0.05) is 42.0 Å². The van der Waals surface area contributed by atoms with Crippen LogP contribution in [-0.4, -0.2) is 6.21 Å². The van der Waals surface area contributed by atoms with Gasteiger partial charge in [0.25, 0.3) is 0 Å². The monoisotopic (exact) mass is 215 g/mol. The fourth-order valence-corrected chi connectivity index (χ4v) is 1.17. The summed E-state index contributed by atoms with van der Waals surface area (Å²) in [7, 11) is 0. The van der Waals surface area contributed by atoms with E-state index in [0.29, 0.717) is 12.4 Å². The highest BCUT2D eigenvalue weighted by molar-refractivity contribution is 5.73. The average molecular weight is 215 g/mol. The SMILES string of the molecule is C/C=C(C)\C=C(/C=N)OCc1ccccc1. The van der Waals surface area contributed by atoms with Gasteiger partial charge in [0.1, 0.15) is 12.4 Å². The Morgan fingerprint density at radius 1 is 1.31 bits per heavy atom. The van der Waals surface area contributed by atoms with Gasteiger partial charge in [0, 0.05) is 0 Å². The smallest absolute Gasteiger partial charge is 0.137 e. The van der Waals surface area contributed by atoms with Crippen LogP contribution in [0.4, 0.5) is 0 Å². The Bertz CT molecular complexity index is 390. The minimum absolute atomic E-state index is 0.499. The predicted molar refractivity (Wildman–Crippen MR) is 67.5 cm³/mol. The van der Waals surface area contributed by atoms with Crippen molar-refractivity contribution in [1.82, 2.24) is 0 Å². The topological polar surface area (TPSA) is 33.1 Å². The molecular formula is C14H17NO. The Morgan fingerprint density at radius 3 is 2.56 bits per heavy atom. The molecule has 2 heteroatoms. The molecule has 0 bridgehead atoms. The molecule has 16 heavy (non-hydrogen) atoms. The molecule has 0 radical (unpaired) electrons. The first kappa shape index (κ1) is 12.2. The Morgan fingerprint density at radius 2 is 2.00 bits per heavy atom. The molecule has 0 aliphatic rings. The molecule has 0 amide bonds. The maximum absolute atomic E-state index is 7.25. The number of rotatable bonds is 5. The number of hydrogen-bond acceptors (Lipinski definition) is 2. The normalized spacial score (nSPS) is 12.4. The highest BCUT2D eigenvalue weighted by Gasteiger charge is 1.96. The first-order chi connectivity index (χ1) is 7.76. The van der Waals surface area contributed by atoms with Gasteiger partial charge in [-0.15, -0.1) is 0 Å². The van der Waals surface area contributed by atoms with Gasteiger partial charge < -0.3 is 10.1 Å². The van der Waals surface area contributed by atoms with Gasteiger partial charge in [0.2, 0.25) is 0 Å². The lowest BCUT2D eigenvalue weighted by atomic mass is 10.2. The first-order valence-corrected chi connectivity index (χ1v) is 5.28. The third kappa shape index (κ3) is 4.13. The summed E-state index contributed by atoms with van der Waals surface area (Å²) in [5, 5.41) is 7.25. The minimum Gasteiger partial charge on any atom is -0.487 e. The van der Waals surface area contributed by atoms with Crippen molar-refractivity contribution in [1.29, 1.82) is 5.41 Å². The number of ether oxygens (including phenoxy) is 1. The van der Waals surface area contributed by atoms with E-state index in [-0.39, 0.29) is 0 Å². The highest BCUT2D eigenvalue weighted by Crippen LogP contribution is 2.07. The molecule has 2 nitrogen and oxygen atoms in total. The zero-order valence-corrected chi connectivity index (χ0v) is 9.73. The van der Waals surface area contributed by atoms with Crippen molar-refractivity contribution in [2.45, 2.75) is 20.5 Å². The first-order valence-electron chi connectivity index (χ1n) is 5.28. The number of nitrogens with one attached hydrogen (secondary N) is 1. The van der Waals surface area contributed by atoms with Crippen molar-refractivity contribution < 1.29 is 4.74 Å². The van der Waals surface area contributed by atoms with Crippen molar-refractivity contribution in [3.63, 3.8) is 0 Å². The summed E-state index contributed by atoms with van der Waals surface area (Å²) in [5.41, 5.74) is 2.19. The number of hydrogen-bond donors (Lipinski definition) is 1. The van der Waals surface area contributed by atoms with Gasteiger partial charge in [0.05, 0.1) is 6.21 Å². The summed E-state index contributed by atoms with van der Waals surface area (Å²) in [5.74, 6) is 0.583. The molecule has 0 fully saturated rings. The van der Waals surface area contributed by atoms with Crippen LogP contribution in [0.1, 0.15) is 19.4 Å². The second-order valence-corrected chi connectivity index (χ2v) is 3.50. The molecule has 0 saturated carbocycles. The summed E-state index contributed by atoms with van der Waals surface area (Å²) >= 11 is 0. The lowest BCUT2D eigenvalue weighted by Crippen LogP contribution is -1.94. The third-order valence-corrected chi connectivity index (χ3v) is 2.22. The second-order valence-electron chi connectivity index (χ2n) is 3.50. The van der Waals surface area contributed by atoms with E-state index in [4.69, 9.17) is 10.1 Å². The molecule has 0 unspecified atom stereocenters. The molecule has 0 saturated heterocycles. The number of allylic oxidation sites excluding steroid dienone is 4. The van der Waals surface area contributed by atoms with Crippen LogP contribution < -0.4 is 0 Å². The van der Waals surface area contributed by atoms with Crippen molar-refractivity contribution >= 4 is 6.21 Å². The van der Waals surface area contributed by atoms with E-state index in [0.717, 1.165) is 11.1 Å². The average Bonchev–Trinajstić information content (AvgIpc) is 2.35. The van der Waals surface area contributed by atoms with Gasteiger partial charge >= 0.3 is 0 Å². The Hall–Kier alpha value is -1.83. The minimum atomic E-state index is 0.499. The molecule has 0 aliphatic heterocycles. The predicted octanol–water partition coefficient (Wildman–Crippen LogP) is 3.70. The maximum atomic E-state index is 7.25. The van der Waals surface area contributed by atoms with Gasteiger partial charge in [-0.05, 0) is 25.5 Å². The molecule has 1 aromatic carbocycles. The molecule has 0 heterocycles. The van der Waals surface area contributed by atoms with Crippen LogP contribution in [0.2, 0.25) is 0 Å². The molecule has 84 valence electrons. The lowest BCUT2D eigenvalue weighted by Gasteiger charge is -2.06. The second kappa shape index (κ2) is 6.62. The van der Waals surface area contributed by atoms with E-state index in [1.54, 1.807) is 0 Å². The summed E-state index contributed by atoms with van der Waals surface area (Å²) in [6, 6.07) is 9.93. The molecule has 0 spiro atoms. The molecule has 0 aliphatic carbocycles. The van der Waals surface area contributed by atoms with E-state index in [1.165, 1.54) is 6.21 Å². The zero-order valence-electron chi connectivity index (χ0n) is 9.73. The lowest BCUT2D eigenvalue weighted by molar-refractivity contribution is 0.219. The van der Waals surface area contributed by atoms with Gasteiger partial charge in [-0.3, -0.25) is 0 Å². The van der Waals surface area contributed by atoms with Gasteiger partial charge in [0.15, 0.2) is 0 Å². The van der Waals surface area contributed by atoms with Gasteiger partial charge in [-0.2, -0.15) is 0 Å². The summed E-state index contributed by atoms with van der Waals surface area (Å²) in [4.78, 5) is 0. The largest absolute Gasteiger partial charge is 0.487 e. The Kier molecular flexibility index (Phi) is 5.06. The highest BCUT2D eigenvalue weighted by atomic mass is 16.5. The molecule has 1 aromatic rings. The van der Waals surface area contributed by atoms with Crippen LogP contribution in [0, 0.1) is 5.41 Å². The van der Waals surface area contributed by atoms with E-state index in [9.17, 15) is 0 Å². The van der Waals surface area contributed by atoms with Crippen LogP contribution in [0.3, 0.4) is 0 Å². The van der Waals surface area contributed by atoms with Crippen LogP contribution >= 0.6 is 0 Å². The summed E-state index contributed by atoms with van der Waals surface area (Å²) in [6.07, 6.45) is 5.07. The quantitative estimate of drug-likeness (QED) is 0.453. The van der Waals surface area contributed by atoms with Crippen molar-refractivity contribution in [3.8, 4) is 0 Å². The Labute approximate surface area is 96.8 Å². The van der Waals surface area contributed by atoms with E-state index in [2.05, 4.69) is 0 Å².